The molecule has 0 unspecified atom stereocenters. The molecular weight excluding hydrogens is 725 g/mol. The predicted molar refractivity (Wildman–Crippen MR) is 237 cm³/mol. The van der Waals surface area contributed by atoms with Crippen molar-refractivity contribution in [3.05, 3.63) is 192 Å². The highest BCUT2D eigenvalue weighted by Crippen LogP contribution is 2.39. The number of rotatable bonds is 6. The summed E-state index contributed by atoms with van der Waals surface area (Å²) in [6.07, 6.45) is 8.37. The smallest absolute Gasteiger partial charge is 0.128 e. The van der Waals surface area contributed by atoms with Gasteiger partial charge in [0, 0.05) is 44.3 Å². The van der Waals surface area contributed by atoms with Crippen molar-refractivity contribution in [1.82, 2.24) is 19.9 Å². The highest BCUT2D eigenvalue weighted by molar-refractivity contribution is 5.99. The van der Waals surface area contributed by atoms with Crippen molar-refractivity contribution in [3.63, 3.8) is 0 Å². The van der Waals surface area contributed by atoms with Crippen LogP contribution in [0.15, 0.2) is 158 Å². The molecule has 0 fully saturated rings. The van der Waals surface area contributed by atoms with Crippen molar-refractivity contribution in [2.45, 2.75) is 0 Å². The summed E-state index contributed by atoms with van der Waals surface area (Å²) in [7, 11) is 0. The van der Waals surface area contributed by atoms with E-state index in [0.29, 0.717) is 17.1 Å². The Labute approximate surface area is 340 Å². The average Bonchev–Trinajstić information content (AvgIpc) is 4.14. The van der Waals surface area contributed by atoms with Crippen molar-refractivity contribution in [3.8, 4) is 68.1 Å². The third kappa shape index (κ3) is 6.55. The number of benzene rings is 5. The molecule has 59 heavy (non-hydrogen) atoms. The number of hydrogen-bond donors (Lipinski definition) is 2. The number of fused-ring (bicyclic) bond motifs is 8. The molecule has 7 nitrogen and oxygen atoms in total. The van der Waals surface area contributed by atoms with Gasteiger partial charge in [0.2, 0.25) is 0 Å². The van der Waals surface area contributed by atoms with Gasteiger partial charge >= 0.3 is 0 Å². The predicted octanol–water partition coefficient (Wildman–Crippen LogP) is 12.9. The maximum atomic E-state index is 9.55. The number of nitrogens with zero attached hydrogens (tertiary/aromatic N) is 4. The molecule has 10 rings (SSSR count). The Morgan fingerprint density at radius 2 is 0.729 bits per heavy atom. The van der Waals surface area contributed by atoms with Gasteiger partial charge in [0.05, 0.1) is 33.9 Å². The van der Waals surface area contributed by atoms with Gasteiger partial charge in [0.1, 0.15) is 23.6 Å². The van der Waals surface area contributed by atoms with Crippen LogP contribution in [0.3, 0.4) is 0 Å². The highest BCUT2D eigenvalue weighted by Gasteiger charge is 2.19. The summed E-state index contributed by atoms with van der Waals surface area (Å²) >= 11 is 0. The fourth-order valence-electron chi connectivity index (χ4n) is 7.84. The van der Waals surface area contributed by atoms with Gasteiger partial charge in [0.15, 0.2) is 0 Å². The van der Waals surface area contributed by atoms with Gasteiger partial charge < -0.3 is 14.7 Å². The summed E-state index contributed by atoms with van der Waals surface area (Å²) in [5.41, 5.74) is 15.5. The number of aromatic amines is 2. The molecule has 0 saturated heterocycles. The van der Waals surface area contributed by atoms with Crippen molar-refractivity contribution in [1.29, 1.82) is 10.5 Å². The van der Waals surface area contributed by atoms with Crippen molar-refractivity contribution < 1.29 is 4.74 Å². The Morgan fingerprint density at radius 3 is 1.10 bits per heavy atom. The summed E-state index contributed by atoms with van der Waals surface area (Å²) in [5, 5.41) is 18.9. The molecule has 0 spiro atoms. The standard InChI is InChI=1S/C52H32N6O/c53-31-37-18-21-40(30-38(37)32-54)59-39-19-16-36(17-20-39)52-47-28-26-45(57-47)50(34-12-6-2-7-13-34)43-24-22-41(55-43)49(33-10-4-1-5-11-33)42-23-25-44(56-42)51(35-14-8-3-9-15-35)46-27-29-48(52)58-46/h1-30,55,58H. The first-order valence-electron chi connectivity index (χ1n) is 19.2. The second-order valence-electron chi connectivity index (χ2n) is 14.2. The lowest BCUT2D eigenvalue weighted by Crippen LogP contribution is -1.90. The zero-order valence-electron chi connectivity index (χ0n) is 31.5. The summed E-state index contributed by atoms with van der Waals surface area (Å²) in [5.74, 6) is 1.06. The molecule has 5 aromatic carbocycles. The number of H-pyrrole nitrogens is 2. The van der Waals surface area contributed by atoms with Crippen molar-refractivity contribution in [2.75, 3.05) is 0 Å². The third-order valence-corrected chi connectivity index (χ3v) is 10.6. The lowest BCUT2D eigenvalue weighted by molar-refractivity contribution is 0.482. The van der Waals surface area contributed by atoms with Gasteiger partial charge in [-0.3, -0.25) is 0 Å². The molecule has 0 atom stereocenters. The van der Waals surface area contributed by atoms with Gasteiger partial charge in [-0.25, -0.2) is 9.97 Å². The van der Waals surface area contributed by atoms with Crippen LogP contribution in [-0.4, -0.2) is 19.9 Å². The zero-order valence-corrected chi connectivity index (χ0v) is 31.5. The number of nitrogens with one attached hydrogen (secondary N) is 2. The van der Waals surface area contributed by atoms with Crippen LogP contribution >= 0.6 is 0 Å². The molecule has 8 aromatic rings. The normalized spacial score (nSPS) is 11.6. The zero-order chi connectivity index (χ0) is 39.7. The minimum Gasteiger partial charge on any atom is -0.457 e. The maximum absolute atomic E-state index is 9.55. The quantitative estimate of drug-likeness (QED) is 0.175. The topological polar surface area (TPSA) is 114 Å². The Balaban J connectivity index is 1.26. The lowest BCUT2D eigenvalue weighted by atomic mass is 10.0. The largest absolute Gasteiger partial charge is 0.457 e. The van der Waals surface area contributed by atoms with Crippen molar-refractivity contribution >= 4 is 46.4 Å². The van der Waals surface area contributed by atoms with Crippen LogP contribution in [0.1, 0.15) is 33.9 Å². The van der Waals surface area contributed by atoms with Gasteiger partial charge in [-0.05, 0) is 101 Å². The monoisotopic (exact) mass is 756 g/mol. The van der Waals surface area contributed by atoms with E-state index in [9.17, 15) is 10.5 Å². The molecule has 2 aliphatic heterocycles. The van der Waals surface area contributed by atoms with Gasteiger partial charge in [-0.2, -0.15) is 10.5 Å². The van der Waals surface area contributed by atoms with Crippen molar-refractivity contribution in [2.24, 2.45) is 0 Å². The number of aromatic nitrogens is 4. The van der Waals surface area contributed by atoms with Gasteiger partial charge in [-0.15, -0.1) is 0 Å². The summed E-state index contributed by atoms with van der Waals surface area (Å²) in [6, 6.07) is 56.4. The van der Waals surface area contributed by atoms with Gasteiger partial charge in [-0.1, -0.05) is 103 Å². The van der Waals surface area contributed by atoms with Crippen LogP contribution in [0.5, 0.6) is 11.5 Å². The number of nitriles is 2. The SMILES string of the molecule is N#Cc1ccc(Oc2ccc(-c3c4nc(c(-c5ccccc5)c5ccc([nH]5)c(-c5ccccc5)c5nc(c(-c6ccccc6)c6ccc3[nH]6)C=C5)C=C4)cc2)cc1C#N. The Morgan fingerprint density at radius 1 is 0.373 bits per heavy atom. The molecule has 7 heteroatoms. The van der Waals surface area contributed by atoms with Crippen LogP contribution in [0.4, 0.5) is 0 Å². The lowest BCUT2D eigenvalue weighted by Gasteiger charge is -2.09. The Kier molecular flexibility index (Phi) is 8.80. The molecule has 2 N–H and O–H groups in total. The minimum atomic E-state index is 0.265. The van der Waals surface area contributed by atoms with Crippen LogP contribution in [-0.2, 0) is 0 Å². The number of hydrogen-bond acceptors (Lipinski definition) is 5. The fraction of sp³-hybridized carbons (Fsp3) is 0. The summed E-state index contributed by atoms with van der Waals surface area (Å²) in [6.45, 7) is 0. The maximum Gasteiger partial charge on any atom is 0.128 e. The van der Waals surface area contributed by atoms with E-state index in [1.165, 1.54) is 0 Å². The van der Waals surface area contributed by atoms with E-state index in [-0.39, 0.29) is 5.56 Å². The van der Waals surface area contributed by atoms with E-state index < -0.39 is 0 Å². The van der Waals surface area contributed by atoms with Crippen LogP contribution < -0.4 is 4.74 Å². The van der Waals surface area contributed by atoms with E-state index in [1.54, 1.807) is 18.2 Å². The molecule has 0 saturated carbocycles. The molecule has 8 bridgehead atoms. The molecule has 5 heterocycles. The van der Waals surface area contributed by atoms with E-state index in [1.807, 2.05) is 66.7 Å². The number of ether oxygens (including phenoxy) is 1. The first-order chi connectivity index (χ1) is 29.1. The third-order valence-electron chi connectivity index (χ3n) is 10.6. The van der Waals surface area contributed by atoms with E-state index in [4.69, 9.17) is 14.7 Å². The second kappa shape index (κ2) is 14.9. The molecule has 2 aliphatic rings. The summed E-state index contributed by atoms with van der Waals surface area (Å²) < 4.78 is 6.16. The molecule has 3 aromatic heterocycles. The average molecular weight is 757 g/mol. The van der Waals surface area contributed by atoms with E-state index >= 15 is 0 Å². The Hall–Kier alpha value is -8.52. The molecular formula is C52H32N6O. The summed E-state index contributed by atoms with van der Waals surface area (Å²) in [4.78, 5) is 18.3. The molecule has 0 amide bonds. The van der Waals surface area contributed by atoms with E-state index in [0.717, 1.165) is 89.4 Å². The minimum absolute atomic E-state index is 0.265. The van der Waals surface area contributed by atoms with Gasteiger partial charge in [0.25, 0.3) is 0 Å². The fourth-order valence-corrected chi connectivity index (χ4v) is 7.84. The highest BCUT2D eigenvalue weighted by atomic mass is 16.5. The Bertz CT molecular complexity index is 3200. The van der Waals surface area contributed by atoms with Crippen LogP contribution in [0.2, 0.25) is 0 Å². The second-order valence-corrected chi connectivity index (χ2v) is 14.2. The first-order valence-corrected chi connectivity index (χ1v) is 19.2. The molecule has 0 radical (unpaired) electrons. The van der Waals surface area contributed by atoms with Crippen LogP contribution in [0, 0.1) is 22.7 Å². The molecule has 276 valence electrons. The first kappa shape index (κ1) is 34.9. The van der Waals surface area contributed by atoms with E-state index in [2.05, 4.69) is 119 Å². The van der Waals surface area contributed by atoms with Crippen LogP contribution in [0.25, 0.3) is 90.9 Å². The molecule has 0 aliphatic carbocycles.